The molecule has 154 valence electrons. The van der Waals surface area contributed by atoms with Gasteiger partial charge in [0, 0.05) is 63.1 Å². The summed E-state index contributed by atoms with van der Waals surface area (Å²) in [5.41, 5.74) is 4.35. The van der Waals surface area contributed by atoms with Gasteiger partial charge in [-0.05, 0) is 53.3 Å². The fourth-order valence-corrected chi connectivity index (χ4v) is 5.11. The van der Waals surface area contributed by atoms with Crippen molar-refractivity contribution in [3.63, 3.8) is 0 Å². The molecule has 0 atom stereocenters. The molecular weight excluding hydrogens is 390 g/mol. The Kier molecular flexibility index (Phi) is 5.97. The van der Waals surface area contributed by atoms with Crippen LogP contribution in [0.15, 0.2) is 71.9 Å². The van der Waals surface area contributed by atoms with E-state index in [1.807, 2.05) is 30.4 Å². The van der Waals surface area contributed by atoms with Gasteiger partial charge in [0.05, 0.1) is 0 Å². The first kappa shape index (κ1) is 19.5. The first-order valence-electron chi connectivity index (χ1n) is 10.7. The van der Waals surface area contributed by atoms with Crippen LogP contribution >= 0.6 is 11.9 Å². The van der Waals surface area contributed by atoms with Crippen LogP contribution in [-0.2, 0) is 19.5 Å². The monoisotopic (exact) mass is 417 g/mol. The number of rotatable bonds is 5. The maximum Gasteiger partial charge on any atom is 0.225 e. The molecule has 0 unspecified atom stereocenters. The molecule has 3 heterocycles. The van der Waals surface area contributed by atoms with E-state index in [9.17, 15) is 0 Å². The molecule has 2 aliphatic heterocycles. The van der Waals surface area contributed by atoms with Gasteiger partial charge >= 0.3 is 0 Å². The quantitative estimate of drug-likeness (QED) is 0.587. The molecule has 5 rings (SSSR count). The maximum absolute atomic E-state index is 4.37. The molecule has 0 saturated carbocycles. The van der Waals surface area contributed by atoms with E-state index in [0.29, 0.717) is 0 Å². The smallest absolute Gasteiger partial charge is 0.225 e. The summed E-state index contributed by atoms with van der Waals surface area (Å²) in [4.78, 5) is 14.9. The molecule has 0 radical (unpaired) electrons. The zero-order valence-electron chi connectivity index (χ0n) is 17.2. The Balaban J connectivity index is 1.12. The molecule has 0 bridgehead atoms. The van der Waals surface area contributed by atoms with Crippen molar-refractivity contribution in [2.45, 2.75) is 24.4 Å². The van der Waals surface area contributed by atoms with E-state index in [0.717, 1.165) is 58.2 Å². The first-order valence-corrected chi connectivity index (χ1v) is 11.4. The SMILES string of the molecule is c1cnc(N2CCN(Cc3ccc(SN4CCc5ccccc5C4)cc3)CC2)nc1. The van der Waals surface area contributed by atoms with Crippen LogP contribution in [0, 0.1) is 0 Å². The first-order chi connectivity index (χ1) is 14.8. The predicted molar refractivity (Wildman–Crippen MR) is 122 cm³/mol. The van der Waals surface area contributed by atoms with E-state index in [4.69, 9.17) is 0 Å². The van der Waals surface area contributed by atoms with Crippen LogP contribution in [0.3, 0.4) is 0 Å². The van der Waals surface area contributed by atoms with Gasteiger partial charge in [-0.25, -0.2) is 14.3 Å². The van der Waals surface area contributed by atoms with E-state index < -0.39 is 0 Å². The van der Waals surface area contributed by atoms with Gasteiger partial charge in [0.15, 0.2) is 0 Å². The minimum absolute atomic E-state index is 0.846. The Hall–Kier alpha value is -2.41. The lowest BCUT2D eigenvalue weighted by atomic mass is 10.0. The van der Waals surface area contributed by atoms with E-state index in [1.165, 1.54) is 21.6 Å². The summed E-state index contributed by atoms with van der Waals surface area (Å²) in [6.07, 6.45) is 4.77. The summed E-state index contributed by atoms with van der Waals surface area (Å²) in [7, 11) is 0. The highest BCUT2D eigenvalue weighted by atomic mass is 32.2. The number of hydrogen-bond acceptors (Lipinski definition) is 6. The predicted octanol–water partition coefficient (Wildman–Crippen LogP) is 3.86. The summed E-state index contributed by atoms with van der Waals surface area (Å²) in [6, 6.07) is 19.8. The van der Waals surface area contributed by atoms with E-state index in [1.54, 1.807) is 0 Å². The maximum atomic E-state index is 4.37. The fraction of sp³-hybridized carbons (Fsp3) is 0.333. The second kappa shape index (κ2) is 9.16. The molecule has 6 heteroatoms. The Bertz CT molecular complexity index is 955. The van der Waals surface area contributed by atoms with E-state index in [-0.39, 0.29) is 0 Å². The third kappa shape index (κ3) is 4.67. The van der Waals surface area contributed by atoms with Gasteiger partial charge in [0.25, 0.3) is 0 Å². The molecular formula is C24H27N5S. The minimum atomic E-state index is 0.846. The molecule has 2 aliphatic rings. The Morgan fingerprint density at radius 3 is 2.27 bits per heavy atom. The zero-order valence-corrected chi connectivity index (χ0v) is 18.0. The van der Waals surface area contributed by atoms with Crippen LogP contribution in [0.2, 0.25) is 0 Å². The van der Waals surface area contributed by atoms with Gasteiger partial charge in [-0.15, -0.1) is 0 Å². The van der Waals surface area contributed by atoms with Crippen molar-refractivity contribution < 1.29 is 0 Å². The lowest BCUT2D eigenvalue weighted by Gasteiger charge is -2.34. The number of piperazine rings is 1. The number of benzene rings is 2. The van der Waals surface area contributed by atoms with Crippen molar-refractivity contribution >= 4 is 17.9 Å². The van der Waals surface area contributed by atoms with Crippen LogP contribution in [0.25, 0.3) is 0 Å². The number of hydrogen-bond donors (Lipinski definition) is 0. The fourth-order valence-electron chi connectivity index (χ4n) is 4.17. The lowest BCUT2D eigenvalue weighted by molar-refractivity contribution is 0.248. The molecule has 0 aliphatic carbocycles. The summed E-state index contributed by atoms with van der Waals surface area (Å²) in [5, 5.41) is 0. The van der Waals surface area contributed by atoms with Crippen molar-refractivity contribution in [3.8, 4) is 0 Å². The molecule has 1 saturated heterocycles. The van der Waals surface area contributed by atoms with Gasteiger partial charge in [0.2, 0.25) is 5.95 Å². The normalized spacial score (nSPS) is 17.7. The van der Waals surface area contributed by atoms with Gasteiger partial charge in [0.1, 0.15) is 0 Å². The number of aromatic nitrogens is 2. The molecule has 0 spiro atoms. The van der Waals surface area contributed by atoms with Crippen LogP contribution in [0.1, 0.15) is 16.7 Å². The Labute approximate surface area is 182 Å². The zero-order chi connectivity index (χ0) is 20.2. The van der Waals surface area contributed by atoms with Crippen molar-refractivity contribution in [1.82, 2.24) is 19.2 Å². The summed E-state index contributed by atoms with van der Waals surface area (Å²) in [6.45, 7) is 7.19. The van der Waals surface area contributed by atoms with Gasteiger partial charge in [-0.3, -0.25) is 4.90 Å². The second-order valence-electron chi connectivity index (χ2n) is 7.93. The minimum Gasteiger partial charge on any atom is -0.338 e. The molecule has 1 aromatic heterocycles. The number of nitrogens with zero attached hydrogens (tertiary/aromatic N) is 5. The molecule has 1 fully saturated rings. The summed E-state index contributed by atoms with van der Waals surface area (Å²) < 4.78 is 2.47. The van der Waals surface area contributed by atoms with Crippen molar-refractivity contribution in [2.75, 3.05) is 37.6 Å². The molecule has 5 nitrogen and oxygen atoms in total. The second-order valence-corrected chi connectivity index (χ2v) is 9.10. The number of fused-ring (bicyclic) bond motifs is 1. The highest BCUT2D eigenvalue weighted by Gasteiger charge is 2.19. The molecule has 0 N–H and O–H groups in total. The topological polar surface area (TPSA) is 35.5 Å². The van der Waals surface area contributed by atoms with Crippen molar-refractivity contribution in [2.24, 2.45) is 0 Å². The highest BCUT2D eigenvalue weighted by Crippen LogP contribution is 2.29. The molecule has 3 aromatic rings. The van der Waals surface area contributed by atoms with Crippen LogP contribution in [0.5, 0.6) is 0 Å². The average Bonchev–Trinajstić information content (AvgIpc) is 2.81. The number of anilines is 1. The highest BCUT2D eigenvalue weighted by molar-refractivity contribution is 7.97. The summed E-state index contributed by atoms with van der Waals surface area (Å²) in [5.74, 6) is 0.846. The van der Waals surface area contributed by atoms with Crippen LogP contribution in [-0.4, -0.2) is 51.9 Å². The van der Waals surface area contributed by atoms with E-state index in [2.05, 4.69) is 72.6 Å². The molecule has 0 amide bonds. The van der Waals surface area contributed by atoms with Crippen LogP contribution < -0.4 is 4.90 Å². The standard InChI is InChI=1S/C24H27N5S/c1-2-5-22-19-29(13-10-21(22)4-1)30-23-8-6-20(7-9-23)18-27-14-16-28(17-15-27)24-25-11-3-12-26-24/h1-9,11-12H,10,13-19H2. The molecule has 2 aromatic carbocycles. The third-order valence-corrected chi connectivity index (χ3v) is 6.92. The largest absolute Gasteiger partial charge is 0.338 e. The van der Waals surface area contributed by atoms with Gasteiger partial charge in [-0.1, -0.05) is 36.4 Å². The van der Waals surface area contributed by atoms with Gasteiger partial charge < -0.3 is 4.90 Å². The van der Waals surface area contributed by atoms with Gasteiger partial charge in [-0.2, -0.15) is 0 Å². The van der Waals surface area contributed by atoms with Crippen LogP contribution in [0.4, 0.5) is 5.95 Å². The Morgan fingerprint density at radius 2 is 1.50 bits per heavy atom. The summed E-state index contributed by atoms with van der Waals surface area (Å²) >= 11 is 1.88. The average molecular weight is 418 g/mol. The van der Waals surface area contributed by atoms with Crippen molar-refractivity contribution in [3.05, 3.63) is 83.7 Å². The lowest BCUT2D eigenvalue weighted by Crippen LogP contribution is -2.46. The Morgan fingerprint density at radius 1 is 0.767 bits per heavy atom. The van der Waals surface area contributed by atoms with Crippen molar-refractivity contribution in [1.29, 1.82) is 0 Å². The molecule has 30 heavy (non-hydrogen) atoms. The third-order valence-electron chi connectivity index (χ3n) is 5.87. The van der Waals surface area contributed by atoms with E-state index >= 15 is 0 Å².